The lowest BCUT2D eigenvalue weighted by Crippen LogP contribution is -2.55. The number of Topliss-reactive ketones (excluding diaryl/α,β-unsaturated/α-hetero) is 1. The zero-order chi connectivity index (χ0) is 21.8. The largest absolute Gasteiger partial charge is 0.460 e. The average Bonchev–Trinajstić information content (AvgIpc) is 2.94. The van der Waals surface area contributed by atoms with Crippen LogP contribution in [0.4, 0.5) is 0 Å². The van der Waals surface area contributed by atoms with Crippen molar-refractivity contribution in [3.8, 4) is 0 Å². The molecule has 4 aliphatic carbocycles. The minimum Gasteiger partial charge on any atom is -0.460 e. The number of esters is 1. The Labute approximate surface area is 179 Å². The molecule has 0 aliphatic heterocycles. The molecule has 0 aromatic rings. The lowest BCUT2D eigenvalue weighted by atomic mass is 9.44. The molecule has 0 radical (unpaired) electrons. The fraction of sp³-hybridized carbons (Fsp3) is 0.800. The third kappa shape index (κ3) is 3.11. The molecule has 0 aromatic heterocycles. The second kappa shape index (κ2) is 7.58. The second-order valence-corrected chi connectivity index (χ2v) is 10.7. The fourth-order valence-corrected chi connectivity index (χ4v) is 7.98. The molecule has 4 rings (SSSR count). The number of ketones is 2. The third-order valence-electron chi connectivity index (χ3n) is 9.48. The molecule has 0 heterocycles. The van der Waals surface area contributed by atoms with Crippen LogP contribution < -0.4 is 0 Å². The average molecular weight is 417 g/mol. The van der Waals surface area contributed by atoms with E-state index in [2.05, 4.69) is 20.8 Å². The predicted molar refractivity (Wildman–Crippen MR) is 113 cm³/mol. The van der Waals surface area contributed by atoms with Crippen molar-refractivity contribution in [2.75, 3.05) is 13.7 Å². The molecule has 3 saturated carbocycles. The zero-order valence-electron chi connectivity index (χ0n) is 19.0. The number of methoxy groups -OCH3 is 1. The van der Waals surface area contributed by atoms with Gasteiger partial charge in [-0.05, 0) is 67.8 Å². The maximum atomic E-state index is 13.2. The van der Waals surface area contributed by atoms with Crippen LogP contribution in [-0.2, 0) is 23.9 Å². The van der Waals surface area contributed by atoms with E-state index in [1.807, 2.05) is 6.08 Å². The first-order valence-corrected chi connectivity index (χ1v) is 11.5. The van der Waals surface area contributed by atoms with Crippen LogP contribution in [0.15, 0.2) is 11.6 Å². The highest BCUT2D eigenvalue weighted by atomic mass is 16.6. The van der Waals surface area contributed by atoms with Crippen LogP contribution in [0.5, 0.6) is 0 Å². The molecule has 0 unspecified atom stereocenters. The molecule has 0 saturated heterocycles. The van der Waals surface area contributed by atoms with Gasteiger partial charge >= 0.3 is 5.97 Å². The first-order valence-electron chi connectivity index (χ1n) is 11.5. The van der Waals surface area contributed by atoms with E-state index in [0.717, 1.165) is 25.7 Å². The van der Waals surface area contributed by atoms with Crippen molar-refractivity contribution in [1.82, 2.24) is 0 Å². The summed E-state index contributed by atoms with van der Waals surface area (Å²) in [5, 5.41) is 0. The number of allylic oxidation sites excluding steroid dienone is 2. The number of hydrogen-bond donors (Lipinski definition) is 0. The van der Waals surface area contributed by atoms with Gasteiger partial charge in [0.25, 0.3) is 0 Å². The molecule has 0 N–H and O–H groups in total. The quantitative estimate of drug-likeness (QED) is 0.644. The van der Waals surface area contributed by atoms with Crippen LogP contribution in [0, 0.1) is 40.4 Å². The SMILES string of the molecule is COC[C@H](OC(C)=O)[C@@H]1CC(=O)[C@@]2(C)CC[C@H]3[C@@H](CC[C@H]4CC(=O)C=C(C)[C@@]43C)[C@H]12. The van der Waals surface area contributed by atoms with Crippen molar-refractivity contribution >= 4 is 17.5 Å². The zero-order valence-corrected chi connectivity index (χ0v) is 19.0. The van der Waals surface area contributed by atoms with E-state index in [9.17, 15) is 14.4 Å². The Morgan fingerprint density at radius 3 is 2.60 bits per heavy atom. The van der Waals surface area contributed by atoms with Gasteiger partial charge in [0, 0.05) is 38.2 Å². The summed E-state index contributed by atoms with van der Waals surface area (Å²) in [4.78, 5) is 37.3. The van der Waals surface area contributed by atoms with Gasteiger partial charge in [-0.3, -0.25) is 14.4 Å². The standard InChI is InChI=1S/C25H36O5/c1-14-10-17(27)11-16-6-7-18-20(25(14,16)4)8-9-24(3)22(28)12-19(23(18)24)21(13-29-5)30-15(2)26/h10,16,18-21,23H,6-9,11-13H2,1-5H3/t16-,18+,19-,20-,21-,23+,24+,25-/m0/s1. The summed E-state index contributed by atoms with van der Waals surface area (Å²) in [5.74, 6) is 1.76. The molecule has 5 nitrogen and oxygen atoms in total. The molecule has 4 aliphatic rings. The molecule has 0 aromatic carbocycles. The highest BCUT2D eigenvalue weighted by Gasteiger charge is 2.64. The summed E-state index contributed by atoms with van der Waals surface area (Å²) in [6.07, 6.45) is 6.62. The van der Waals surface area contributed by atoms with E-state index in [1.165, 1.54) is 12.5 Å². The van der Waals surface area contributed by atoms with E-state index in [1.54, 1.807) is 7.11 Å². The van der Waals surface area contributed by atoms with Gasteiger partial charge in [0.2, 0.25) is 0 Å². The first kappa shape index (κ1) is 21.7. The van der Waals surface area contributed by atoms with E-state index >= 15 is 0 Å². The van der Waals surface area contributed by atoms with Gasteiger partial charge < -0.3 is 9.47 Å². The maximum absolute atomic E-state index is 13.2. The number of fused-ring (bicyclic) bond motifs is 5. The molecule has 0 bridgehead atoms. The highest BCUT2D eigenvalue weighted by Crippen LogP contribution is 2.67. The molecule has 30 heavy (non-hydrogen) atoms. The van der Waals surface area contributed by atoms with E-state index < -0.39 is 0 Å². The number of ether oxygens (including phenoxy) is 2. The van der Waals surface area contributed by atoms with Gasteiger partial charge in [-0.15, -0.1) is 0 Å². The Balaban J connectivity index is 1.72. The van der Waals surface area contributed by atoms with Gasteiger partial charge in [0.1, 0.15) is 11.9 Å². The number of hydrogen-bond acceptors (Lipinski definition) is 5. The number of carbonyl (C=O) groups excluding carboxylic acids is 3. The predicted octanol–water partition coefficient (Wildman–Crippen LogP) is 4.14. The minimum atomic E-state index is -0.378. The normalized spacial score (nSPS) is 43.9. The van der Waals surface area contributed by atoms with Gasteiger partial charge in [-0.1, -0.05) is 19.4 Å². The van der Waals surface area contributed by atoms with Crippen LogP contribution in [0.2, 0.25) is 0 Å². The summed E-state index contributed by atoms with van der Waals surface area (Å²) >= 11 is 0. The Hall–Kier alpha value is -1.49. The summed E-state index contributed by atoms with van der Waals surface area (Å²) in [6, 6.07) is 0. The van der Waals surface area contributed by atoms with Gasteiger partial charge in [-0.2, -0.15) is 0 Å². The summed E-state index contributed by atoms with van der Waals surface area (Å²) in [5.41, 5.74) is 0.895. The van der Waals surface area contributed by atoms with Crippen molar-refractivity contribution in [2.24, 2.45) is 40.4 Å². The molecule has 5 heteroatoms. The minimum absolute atomic E-state index is 0.00816. The fourth-order valence-electron chi connectivity index (χ4n) is 7.98. The third-order valence-corrected chi connectivity index (χ3v) is 9.48. The van der Waals surface area contributed by atoms with Gasteiger partial charge in [0.05, 0.1) is 6.61 Å². The van der Waals surface area contributed by atoms with Crippen LogP contribution in [0.3, 0.4) is 0 Å². The Bertz CT molecular complexity index is 784. The monoisotopic (exact) mass is 416 g/mol. The summed E-state index contributed by atoms with van der Waals surface area (Å²) in [7, 11) is 1.62. The summed E-state index contributed by atoms with van der Waals surface area (Å²) in [6.45, 7) is 8.40. The van der Waals surface area contributed by atoms with Gasteiger partial charge in [0.15, 0.2) is 5.78 Å². The van der Waals surface area contributed by atoms with Crippen molar-refractivity contribution in [3.05, 3.63) is 11.6 Å². The molecular weight excluding hydrogens is 380 g/mol. The smallest absolute Gasteiger partial charge is 0.302 e. The van der Waals surface area contributed by atoms with Gasteiger partial charge in [-0.25, -0.2) is 0 Å². The van der Waals surface area contributed by atoms with Crippen molar-refractivity contribution in [1.29, 1.82) is 0 Å². The summed E-state index contributed by atoms with van der Waals surface area (Å²) < 4.78 is 11.1. The van der Waals surface area contributed by atoms with Crippen molar-refractivity contribution in [2.45, 2.75) is 72.3 Å². The second-order valence-electron chi connectivity index (χ2n) is 10.7. The molecule has 0 amide bonds. The molecule has 3 fully saturated rings. The number of rotatable bonds is 4. The van der Waals surface area contributed by atoms with E-state index in [0.29, 0.717) is 43.0 Å². The van der Waals surface area contributed by atoms with Crippen molar-refractivity contribution in [3.63, 3.8) is 0 Å². The van der Waals surface area contributed by atoms with Crippen LogP contribution in [-0.4, -0.2) is 37.4 Å². The van der Waals surface area contributed by atoms with Crippen molar-refractivity contribution < 1.29 is 23.9 Å². The lowest BCUT2D eigenvalue weighted by Gasteiger charge is -2.60. The Morgan fingerprint density at radius 1 is 1.20 bits per heavy atom. The molecular formula is C25H36O5. The Morgan fingerprint density at radius 2 is 1.93 bits per heavy atom. The highest BCUT2D eigenvalue weighted by molar-refractivity contribution is 5.92. The van der Waals surface area contributed by atoms with Crippen LogP contribution in [0.1, 0.15) is 66.2 Å². The number of carbonyl (C=O) groups is 3. The topological polar surface area (TPSA) is 69.7 Å². The first-order chi connectivity index (χ1) is 14.1. The van der Waals surface area contributed by atoms with Crippen LogP contribution in [0.25, 0.3) is 0 Å². The van der Waals surface area contributed by atoms with Crippen LogP contribution >= 0.6 is 0 Å². The van der Waals surface area contributed by atoms with E-state index in [4.69, 9.17) is 9.47 Å². The maximum Gasteiger partial charge on any atom is 0.302 e. The molecule has 166 valence electrons. The molecule has 0 spiro atoms. The Kier molecular flexibility index (Phi) is 5.49. The lowest BCUT2D eigenvalue weighted by molar-refractivity contribution is -0.159. The molecule has 8 atom stereocenters. The van der Waals surface area contributed by atoms with E-state index in [-0.39, 0.29) is 40.5 Å².